The molecule has 1 amide bonds. The predicted molar refractivity (Wildman–Crippen MR) is 466 cm³/mol. The smallest absolute Gasteiger partial charge is 0.343 e. The number of piperazine rings is 2. The number of anilines is 5. The van der Waals surface area contributed by atoms with Crippen molar-refractivity contribution in [2.75, 3.05) is 108 Å². The lowest BCUT2D eigenvalue weighted by molar-refractivity contribution is -0.129. The Hall–Kier alpha value is -15.4. The number of hydrogen-bond donors (Lipinski definition) is 2. The summed E-state index contributed by atoms with van der Waals surface area (Å²) >= 11 is 0. The number of aromatic nitrogens is 28. The highest BCUT2D eigenvalue weighted by atomic mass is 32.2. The number of carbonyl (C=O) groups excluding carboxylic acids is 1. The van der Waals surface area contributed by atoms with Crippen molar-refractivity contribution in [3.63, 3.8) is 0 Å². The number of alkyl halides is 10. The Morgan fingerprint density at radius 3 is 1.21 bits per heavy atom. The number of piperidine rings is 2. The Morgan fingerprint density at radius 1 is 0.415 bits per heavy atom. The molecule has 16 aromatic rings. The van der Waals surface area contributed by atoms with E-state index in [0.717, 1.165) is 76.6 Å². The predicted octanol–water partition coefficient (Wildman–Crippen LogP) is 9.89. The highest BCUT2D eigenvalue weighted by Gasteiger charge is 2.36. The Morgan fingerprint density at radius 2 is 0.800 bits per heavy atom. The number of halogens is 10. The van der Waals surface area contributed by atoms with Crippen molar-refractivity contribution >= 4 is 73.1 Å². The Kier molecular flexibility index (Phi) is 26.2. The summed E-state index contributed by atoms with van der Waals surface area (Å²) in [4.78, 5) is 120. The van der Waals surface area contributed by atoms with Crippen molar-refractivity contribution < 1.29 is 57.1 Å². The summed E-state index contributed by atoms with van der Waals surface area (Å²) in [5.41, 5.74) is 2.83. The molecule has 5 fully saturated rings. The number of imidazole rings is 5. The molecular weight excluding hydrogens is 1800 g/mol. The van der Waals surface area contributed by atoms with E-state index in [1.807, 2.05) is 26.8 Å². The number of nitrogens with one attached hydrogen (secondary N) is 2. The van der Waals surface area contributed by atoms with Crippen LogP contribution in [0.3, 0.4) is 0 Å². The first-order valence-corrected chi connectivity index (χ1v) is 44.5. The van der Waals surface area contributed by atoms with Crippen molar-refractivity contribution in [3.8, 4) is 63.7 Å². The van der Waals surface area contributed by atoms with Crippen LogP contribution in [0.5, 0.6) is 0 Å². The van der Waals surface area contributed by atoms with Crippen LogP contribution in [0.4, 0.5) is 73.0 Å². The SMILES string of the molecule is C[C@H]1CCCCN1c1ccnc(-c2cnc3cnc(C(F)F)cn23)n1.N#CCC1CCCN(c2ccnc(-c3cnc4cnc(C(F)F)cn34)n2)C1.O=C1NCCN2CCN(c3ccnc(-c4cnc5cnc(C(F)F)cn45)n3)CC12.O=S1(=O)CCN(c2ccnc(-c3cnc4cnc(C(F)F)cn34)n2)CC1.O=c1[nH]nc2n1CCN(c1ccnc(-c3cnc4cnc(C(F)F)cn34)n1)C2. The van der Waals surface area contributed by atoms with Gasteiger partial charge in [-0.1, -0.05) is 0 Å². The van der Waals surface area contributed by atoms with Crippen molar-refractivity contribution in [3.05, 3.63) is 199 Å². The third kappa shape index (κ3) is 19.8. The highest BCUT2D eigenvalue weighted by molar-refractivity contribution is 7.91. The van der Waals surface area contributed by atoms with Gasteiger partial charge in [-0.2, -0.15) is 10.4 Å². The molecule has 22 heterocycles. The minimum atomic E-state index is -3.00. The van der Waals surface area contributed by atoms with E-state index in [4.69, 9.17) is 5.26 Å². The van der Waals surface area contributed by atoms with Crippen LogP contribution in [0.1, 0.15) is 112 Å². The highest BCUT2D eigenvalue weighted by Crippen LogP contribution is 2.34. The molecule has 51 heteroatoms. The maximum absolute atomic E-state index is 13.0. The number of nitrogens with zero attached hydrogens (tertiary/aromatic N) is 34. The fraction of sp³-hybridized carbons (Fsp3) is 0.357. The maximum Gasteiger partial charge on any atom is 0.343 e. The first kappa shape index (κ1) is 90.2. The zero-order valence-corrected chi connectivity index (χ0v) is 72.2. The minimum Gasteiger partial charge on any atom is -0.356 e. The van der Waals surface area contributed by atoms with Crippen LogP contribution < -0.4 is 35.5 Å². The average Bonchev–Trinajstić information content (AvgIpc) is 1.58. The van der Waals surface area contributed by atoms with E-state index in [2.05, 4.69) is 143 Å². The van der Waals surface area contributed by atoms with E-state index in [9.17, 15) is 61.9 Å². The van der Waals surface area contributed by atoms with Gasteiger partial charge in [0.15, 0.2) is 73.0 Å². The van der Waals surface area contributed by atoms with Gasteiger partial charge < -0.3 is 29.8 Å². The molecule has 0 spiro atoms. The molecular formula is C84H80F10N36O4S. The molecule has 0 aliphatic carbocycles. The number of nitriles is 1. The van der Waals surface area contributed by atoms with Gasteiger partial charge in [-0.05, 0) is 75.3 Å². The zero-order valence-electron chi connectivity index (χ0n) is 71.4. The number of rotatable bonds is 16. The molecule has 5 saturated heterocycles. The van der Waals surface area contributed by atoms with E-state index in [1.54, 1.807) is 70.5 Å². The van der Waals surface area contributed by atoms with E-state index in [1.165, 1.54) is 105 Å². The van der Waals surface area contributed by atoms with Crippen LogP contribution in [0.25, 0.3) is 85.8 Å². The van der Waals surface area contributed by atoms with Gasteiger partial charge in [0.1, 0.15) is 92.1 Å². The third-order valence-electron chi connectivity index (χ3n) is 23.4. The molecule has 2 N–H and O–H groups in total. The molecule has 3 atom stereocenters. The van der Waals surface area contributed by atoms with E-state index in [0.29, 0.717) is 173 Å². The van der Waals surface area contributed by atoms with Crippen molar-refractivity contribution in [1.29, 1.82) is 5.26 Å². The van der Waals surface area contributed by atoms with Crippen LogP contribution in [0.15, 0.2) is 159 Å². The Balaban J connectivity index is 0.000000113. The number of H-pyrrole nitrogens is 1. The fourth-order valence-electron chi connectivity index (χ4n) is 16.4. The lowest BCUT2D eigenvalue weighted by Gasteiger charge is -2.43. The van der Waals surface area contributed by atoms with Gasteiger partial charge in [0.25, 0.3) is 32.1 Å². The molecule has 135 heavy (non-hydrogen) atoms. The second kappa shape index (κ2) is 39.2. The largest absolute Gasteiger partial charge is 0.356 e. The first-order chi connectivity index (χ1) is 65.4. The third-order valence-corrected chi connectivity index (χ3v) is 25.0. The molecule has 6 aliphatic heterocycles. The second-order valence-corrected chi connectivity index (χ2v) is 34.2. The van der Waals surface area contributed by atoms with Crippen LogP contribution in [-0.4, -0.2) is 251 Å². The molecule has 22 rings (SSSR count). The lowest BCUT2D eigenvalue weighted by atomic mass is 9.95. The summed E-state index contributed by atoms with van der Waals surface area (Å²) in [6.07, 6.45) is 21.3. The van der Waals surface area contributed by atoms with Gasteiger partial charge in [0, 0.05) is 153 Å². The molecule has 0 radical (unpaired) electrons. The minimum absolute atomic E-state index is 0.0315. The number of fused-ring (bicyclic) bond motifs is 7. The van der Waals surface area contributed by atoms with Gasteiger partial charge >= 0.3 is 5.69 Å². The number of hydrogen-bond acceptors (Lipinski definition) is 32. The first-order valence-electron chi connectivity index (χ1n) is 42.6. The topological polar surface area (TPSA) is 437 Å². The Bertz CT molecular complexity index is 7200. The molecule has 2 unspecified atom stereocenters. The fourth-order valence-corrected chi connectivity index (χ4v) is 17.6. The summed E-state index contributed by atoms with van der Waals surface area (Å²) in [5.74, 6) is 6.59. The van der Waals surface area contributed by atoms with E-state index in [-0.39, 0.29) is 57.6 Å². The maximum atomic E-state index is 13.0. The van der Waals surface area contributed by atoms with Crippen molar-refractivity contribution in [1.82, 2.24) is 147 Å². The van der Waals surface area contributed by atoms with Crippen LogP contribution in [0, 0.1) is 17.2 Å². The zero-order chi connectivity index (χ0) is 93.7. The van der Waals surface area contributed by atoms with Crippen LogP contribution in [-0.2, 0) is 27.7 Å². The van der Waals surface area contributed by atoms with Gasteiger partial charge in [0.05, 0.1) is 86.1 Å². The monoisotopic (exact) mass is 1880 g/mol. The van der Waals surface area contributed by atoms with Crippen molar-refractivity contribution in [2.45, 2.75) is 103 Å². The standard InChI is InChI=1S/C18H18F2N8O.C18H17F2N7.C17H18F2N6.C16H13F2N9O.C15H14F2N6O2S/c19-16(20)11-9-28-12(7-24-15(28)8-23-11)17-21-2-1-14(25-17)27-6-5-26-4-3-22-18(29)13(26)10-27;19-17(20)13-11-27-14(8-24-16(27)9-23-13)18-22-6-4-15(25-18)26-7-1-2-12(10-26)3-5-21;1-11-4-2-3-7-24(11)14-5-6-20-17(23-14)13-8-22-15-9-21-12(16(18)19)10-25(13)15;17-14(18)9-7-27-10(5-21-12(27)6-20-9)15-19-2-1-11(22-15)25-3-4-26-13(8-25)23-24-16(26)28;16-14(17)10-9-23-11(7-20-13(23)8-19-10)15-18-2-1-12(21-15)22-3-5-26(24,25)6-4-22/h1-2,7-9,13,16H,3-6,10H2,(H,22,29);4,6,8-9,11-12,17H,1-3,7,10H2;5-6,8-11,16H,2-4,7H2,1H3;1-2,5-7,14H,3-4,8H2,(H,24,28);1-2,7-9,14H,3-6H2/t;;11-;;/m..0../s1. The quantitative estimate of drug-likeness (QED) is 0.0849. The van der Waals surface area contributed by atoms with E-state index >= 15 is 0 Å². The van der Waals surface area contributed by atoms with Gasteiger partial charge in [-0.15, -0.1) is 0 Å². The molecule has 0 aromatic carbocycles. The number of amides is 1. The normalized spacial score (nSPS) is 17.4. The second-order valence-electron chi connectivity index (χ2n) is 31.9. The number of carbonyl (C=O) groups is 1. The van der Waals surface area contributed by atoms with Gasteiger partial charge in [-0.25, -0.2) is 162 Å². The average molecular weight is 1880 g/mol. The molecule has 40 nitrogen and oxygen atoms in total. The van der Waals surface area contributed by atoms with Crippen LogP contribution in [0.2, 0.25) is 0 Å². The molecule has 0 saturated carbocycles. The lowest BCUT2D eigenvalue weighted by Crippen LogP contribution is -2.64. The molecule has 0 bridgehead atoms. The summed E-state index contributed by atoms with van der Waals surface area (Å²) in [7, 11) is -3.00. The molecule has 16 aromatic heterocycles. The summed E-state index contributed by atoms with van der Waals surface area (Å²) in [6, 6.07) is 11.4. The summed E-state index contributed by atoms with van der Waals surface area (Å²) < 4.78 is 162. The molecule has 6 aliphatic rings. The van der Waals surface area contributed by atoms with Gasteiger partial charge in [0.2, 0.25) is 5.91 Å². The van der Waals surface area contributed by atoms with Crippen molar-refractivity contribution in [2.24, 2.45) is 5.92 Å². The van der Waals surface area contributed by atoms with Crippen LogP contribution >= 0.6 is 0 Å². The van der Waals surface area contributed by atoms with Gasteiger partial charge in [-0.3, -0.25) is 36.3 Å². The number of sulfone groups is 1. The Labute approximate surface area is 758 Å². The molecule has 696 valence electrons. The summed E-state index contributed by atoms with van der Waals surface area (Å²) in [6.45, 7) is 10.6. The summed E-state index contributed by atoms with van der Waals surface area (Å²) in [5, 5.41) is 18.3. The number of aromatic amines is 1. The van der Waals surface area contributed by atoms with E-state index < -0.39 is 42.0 Å².